The summed E-state index contributed by atoms with van der Waals surface area (Å²) in [5, 5.41) is 12.9. The smallest absolute Gasteiger partial charge is 0.341 e. The minimum Gasteiger partial charge on any atom is -0.477 e. The molecule has 1 heterocycles. The molecule has 0 amide bonds. The summed E-state index contributed by atoms with van der Waals surface area (Å²) >= 11 is 0. The Kier molecular flexibility index (Phi) is 2.73. The van der Waals surface area contributed by atoms with Crippen LogP contribution in [0.5, 0.6) is 0 Å². The van der Waals surface area contributed by atoms with Crippen LogP contribution in [0.15, 0.2) is 30.0 Å². The first-order valence-corrected chi connectivity index (χ1v) is 5.64. The van der Waals surface area contributed by atoms with Crippen LogP contribution in [0.4, 0.5) is 5.69 Å². The molecular formula is C14H14NO3. The van der Waals surface area contributed by atoms with Crippen molar-refractivity contribution in [3.63, 3.8) is 0 Å². The number of fused-ring (bicyclic) bond motifs is 1. The van der Waals surface area contributed by atoms with Crippen molar-refractivity contribution in [3.05, 3.63) is 41.1 Å². The third-order valence-corrected chi connectivity index (χ3v) is 2.91. The van der Waals surface area contributed by atoms with Gasteiger partial charge in [0.15, 0.2) is 0 Å². The first kappa shape index (κ1) is 12.4. The predicted octanol–water partition coefficient (Wildman–Crippen LogP) is 2.38. The van der Waals surface area contributed by atoms with Crippen molar-refractivity contribution in [2.45, 2.75) is 26.2 Å². The maximum absolute atomic E-state index is 12.0. The highest BCUT2D eigenvalue weighted by Gasteiger charge is 2.27. The number of carbonyl (C=O) groups excluding carboxylic acids is 1. The van der Waals surface area contributed by atoms with Crippen LogP contribution in [0.25, 0.3) is 0 Å². The molecule has 1 radical (unpaired) electrons. The molecule has 1 aromatic carbocycles. The molecule has 0 saturated carbocycles. The maximum Gasteiger partial charge on any atom is 0.341 e. The van der Waals surface area contributed by atoms with E-state index < -0.39 is 11.8 Å². The van der Waals surface area contributed by atoms with Crippen molar-refractivity contribution < 1.29 is 14.7 Å². The number of carboxylic acid groups (broad SMARTS) is 1. The number of Topliss-reactive ketones (excluding diaryl/α,β-unsaturated/α-hetero) is 1. The van der Waals surface area contributed by atoms with Gasteiger partial charge in [0.05, 0.1) is 5.69 Å². The molecule has 0 spiro atoms. The van der Waals surface area contributed by atoms with Gasteiger partial charge >= 0.3 is 5.97 Å². The first-order valence-electron chi connectivity index (χ1n) is 5.64. The quantitative estimate of drug-likeness (QED) is 0.771. The number of rotatable bonds is 1. The standard InChI is InChI=1S/C14H14NO3/c1-14(2,3)8-4-5-11-9(6-8)12(16)10(7-15-11)13(17)18/h4-7H,1-3H3,(H,17,18). The molecule has 1 aliphatic heterocycles. The number of nitrogens with zero attached hydrogens (tertiary/aromatic N) is 1. The molecule has 4 nitrogen and oxygen atoms in total. The third kappa shape index (κ3) is 2.01. The van der Waals surface area contributed by atoms with Gasteiger partial charge in [-0.2, -0.15) is 0 Å². The van der Waals surface area contributed by atoms with Gasteiger partial charge in [0, 0.05) is 11.8 Å². The molecule has 1 aliphatic rings. The highest BCUT2D eigenvalue weighted by atomic mass is 16.4. The normalized spacial score (nSPS) is 14.6. The number of carbonyl (C=O) groups is 2. The molecule has 4 heteroatoms. The second-order valence-corrected chi connectivity index (χ2v) is 5.29. The SMILES string of the molecule is CC(C)(C)c1ccc2c(c1)C(=O)C(C(=O)O)=C[N]2. The molecule has 0 unspecified atom stereocenters. The van der Waals surface area contributed by atoms with Crippen molar-refractivity contribution in [3.8, 4) is 0 Å². The fourth-order valence-electron chi connectivity index (χ4n) is 1.79. The van der Waals surface area contributed by atoms with E-state index in [9.17, 15) is 9.59 Å². The molecule has 0 fully saturated rings. The van der Waals surface area contributed by atoms with Gasteiger partial charge in [-0.3, -0.25) is 10.1 Å². The summed E-state index contributed by atoms with van der Waals surface area (Å²) in [5.74, 6) is -1.71. The average molecular weight is 244 g/mol. The Balaban J connectivity index is 2.51. The lowest BCUT2D eigenvalue weighted by molar-refractivity contribution is -0.132. The van der Waals surface area contributed by atoms with Crippen molar-refractivity contribution in [2.75, 3.05) is 0 Å². The predicted molar refractivity (Wildman–Crippen MR) is 67.0 cm³/mol. The monoisotopic (exact) mass is 244 g/mol. The van der Waals surface area contributed by atoms with Crippen molar-refractivity contribution >= 4 is 17.4 Å². The topological polar surface area (TPSA) is 68.5 Å². The van der Waals surface area contributed by atoms with E-state index in [1.54, 1.807) is 12.1 Å². The number of carboxylic acids is 1. The Morgan fingerprint density at radius 1 is 1.28 bits per heavy atom. The van der Waals surface area contributed by atoms with E-state index in [0.717, 1.165) is 11.8 Å². The summed E-state index contributed by atoms with van der Waals surface area (Å²) in [6, 6.07) is 5.40. The van der Waals surface area contributed by atoms with Crippen LogP contribution in [-0.2, 0) is 10.2 Å². The van der Waals surface area contributed by atoms with E-state index in [1.165, 1.54) is 0 Å². The van der Waals surface area contributed by atoms with Crippen molar-refractivity contribution in [2.24, 2.45) is 0 Å². The molecule has 0 saturated heterocycles. The minimum absolute atomic E-state index is 0.0974. The molecule has 18 heavy (non-hydrogen) atoms. The van der Waals surface area contributed by atoms with E-state index >= 15 is 0 Å². The number of hydrogen-bond acceptors (Lipinski definition) is 2. The van der Waals surface area contributed by atoms with Gasteiger partial charge in [0.25, 0.3) is 0 Å². The maximum atomic E-state index is 12.0. The zero-order valence-electron chi connectivity index (χ0n) is 10.5. The lowest BCUT2D eigenvalue weighted by Gasteiger charge is -2.22. The van der Waals surface area contributed by atoms with E-state index in [4.69, 9.17) is 5.11 Å². The lowest BCUT2D eigenvalue weighted by atomic mass is 9.84. The number of aliphatic carboxylic acids is 1. The summed E-state index contributed by atoms with van der Waals surface area (Å²) in [5.41, 5.74) is 1.49. The second kappa shape index (κ2) is 3.98. The number of ketones is 1. The number of benzene rings is 1. The van der Waals surface area contributed by atoms with Gasteiger partial charge in [-0.1, -0.05) is 26.8 Å². The van der Waals surface area contributed by atoms with Crippen LogP contribution in [0.2, 0.25) is 0 Å². The molecule has 0 atom stereocenters. The Hall–Kier alpha value is -2.10. The van der Waals surface area contributed by atoms with Gasteiger partial charge < -0.3 is 5.11 Å². The van der Waals surface area contributed by atoms with E-state index in [2.05, 4.69) is 5.32 Å². The van der Waals surface area contributed by atoms with E-state index in [1.807, 2.05) is 26.8 Å². The van der Waals surface area contributed by atoms with Gasteiger partial charge in [-0.15, -0.1) is 0 Å². The Labute approximate surface area is 105 Å². The summed E-state index contributed by atoms with van der Waals surface area (Å²) < 4.78 is 0. The Bertz CT molecular complexity index is 565. The molecule has 0 bridgehead atoms. The summed E-state index contributed by atoms with van der Waals surface area (Å²) in [6.07, 6.45) is 1.11. The summed E-state index contributed by atoms with van der Waals surface area (Å²) in [4.78, 5) is 22.9. The van der Waals surface area contributed by atoms with E-state index in [0.29, 0.717) is 11.3 Å². The molecular weight excluding hydrogens is 230 g/mol. The molecule has 1 N–H and O–H groups in total. The van der Waals surface area contributed by atoms with Crippen molar-refractivity contribution in [1.29, 1.82) is 0 Å². The second-order valence-electron chi connectivity index (χ2n) is 5.29. The first-order chi connectivity index (χ1) is 8.30. The summed E-state index contributed by atoms with van der Waals surface area (Å²) in [6.45, 7) is 6.10. The molecule has 0 aliphatic carbocycles. The Morgan fingerprint density at radius 3 is 2.50 bits per heavy atom. The van der Waals surface area contributed by atoms with Gasteiger partial charge in [-0.05, 0) is 23.1 Å². The van der Waals surface area contributed by atoms with Crippen LogP contribution in [-0.4, -0.2) is 16.9 Å². The summed E-state index contributed by atoms with van der Waals surface area (Å²) in [7, 11) is 0. The van der Waals surface area contributed by atoms with E-state index in [-0.39, 0.29) is 11.0 Å². The molecule has 1 aromatic rings. The molecule has 2 rings (SSSR count). The zero-order chi connectivity index (χ0) is 13.5. The fraction of sp³-hybridized carbons (Fsp3) is 0.286. The lowest BCUT2D eigenvalue weighted by Crippen LogP contribution is -2.21. The van der Waals surface area contributed by atoms with Crippen LogP contribution in [0.3, 0.4) is 0 Å². The van der Waals surface area contributed by atoms with Gasteiger partial charge in [0.2, 0.25) is 5.78 Å². The zero-order valence-corrected chi connectivity index (χ0v) is 10.5. The van der Waals surface area contributed by atoms with Crippen LogP contribution in [0, 0.1) is 0 Å². The van der Waals surface area contributed by atoms with Crippen LogP contribution in [0.1, 0.15) is 36.7 Å². The minimum atomic E-state index is -1.24. The van der Waals surface area contributed by atoms with Crippen molar-refractivity contribution in [1.82, 2.24) is 5.32 Å². The van der Waals surface area contributed by atoms with Crippen LogP contribution >= 0.6 is 0 Å². The number of hydrogen-bond donors (Lipinski definition) is 1. The van der Waals surface area contributed by atoms with Gasteiger partial charge in [-0.25, -0.2) is 4.79 Å². The van der Waals surface area contributed by atoms with Gasteiger partial charge in [0.1, 0.15) is 5.57 Å². The average Bonchev–Trinajstić information content (AvgIpc) is 2.27. The fourth-order valence-corrected chi connectivity index (χ4v) is 1.79. The molecule has 0 aromatic heterocycles. The third-order valence-electron chi connectivity index (χ3n) is 2.91. The largest absolute Gasteiger partial charge is 0.477 e. The highest BCUT2D eigenvalue weighted by Crippen LogP contribution is 2.30. The highest BCUT2D eigenvalue weighted by molar-refractivity contribution is 6.26. The Morgan fingerprint density at radius 2 is 1.94 bits per heavy atom. The molecule has 93 valence electrons. The van der Waals surface area contributed by atoms with Crippen LogP contribution < -0.4 is 5.32 Å².